The van der Waals surface area contributed by atoms with Crippen molar-refractivity contribution in [3.63, 3.8) is 0 Å². The van der Waals surface area contributed by atoms with Crippen LogP contribution in [0.1, 0.15) is 19.8 Å². The van der Waals surface area contributed by atoms with E-state index < -0.39 is 0 Å². The second-order valence-electron chi connectivity index (χ2n) is 3.18. The van der Waals surface area contributed by atoms with Crippen LogP contribution in [0.2, 0.25) is 0 Å². The first kappa shape index (κ1) is 13.6. The number of nitrogens with one attached hydrogen (secondary N) is 2. The van der Waals surface area contributed by atoms with Crippen molar-refractivity contribution in [3.8, 4) is 0 Å². The third-order valence-electron chi connectivity index (χ3n) is 1.71. The number of thioether (sulfide) groups is 1. The van der Waals surface area contributed by atoms with Crippen LogP contribution in [0.3, 0.4) is 0 Å². The molecule has 0 aliphatic heterocycles. The van der Waals surface area contributed by atoms with Gasteiger partial charge < -0.3 is 15.7 Å². The summed E-state index contributed by atoms with van der Waals surface area (Å²) in [6, 6.07) is -0.378. The van der Waals surface area contributed by atoms with Crippen molar-refractivity contribution in [2.75, 3.05) is 25.2 Å². The van der Waals surface area contributed by atoms with Crippen LogP contribution in [0, 0.1) is 0 Å². The van der Waals surface area contributed by atoms with Gasteiger partial charge in [-0.15, -0.1) is 0 Å². The largest absolute Gasteiger partial charge is 0.394 e. The zero-order chi connectivity index (χ0) is 10.8. The first-order valence-corrected chi connectivity index (χ1v) is 6.24. The fraction of sp³-hybridized carbons (Fsp3) is 0.889. The number of carbonyl (C=O) groups excluding carboxylic acids is 1. The van der Waals surface area contributed by atoms with Gasteiger partial charge in [-0.2, -0.15) is 11.8 Å². The molecule has 14 heavy (non-hydrogen) atoms. The summed E-state index contributed by atoms with van der Waals surface area (Å²) in [4.78, 5) is 11.1. The van der Waals surface area contributed by atoms with Gasteiger partial charge in [-0.05, 0) is 31.8 Å². The van der Waals surface area contributed by atoms with Crippen LogP contribution in [0.15, 0.2) is 0 Å². The lowest BCUT2D eigenvalue weighted by atomic mass is 10.3. The summed E-state index contributed by atoms with van der Waals surface area (Å²) in [5, 5.41) is 14.0. The highest BCUT2D eigenvalue weighted by molar-refractivity contribution is 7.98. The van der Waals surface area contributed by atoms with Crippen molar-refractivity contribution in [2.45, 2.75) is 25.8 Å². The molecule has 0 aliphatic carbocycles. The molecule has 0 aromatic rings. The van der Waals surface area contributed by atoms with E-state index in [4.69, 9.17) is 5.11 Å². The Kier molecular flexibility index (Phi) is 8.87. The highest BCUT2D eigenvalue weighted by atomic mass is 32.2. The smallest absolute Gasteiger partial charge is 0.315 e. The molecule has 0 spiro atoms. The lowest BCUT2D eigenvalue weighted by Gasteiger charge is -2.11. The zero-order valence-corrected chi connectivity index (χ0v) is 9.69. The minimum atomic E-state index is -0.198. The van der Waals surface area contributed by atoms with Crippen LogP contribution in [0.4, 0.5) is 4.79 Å². The van der Waals surface area contributed by atoms with E-state index in [1.54, 1.807) is 6.92 Å². The molecule has 0 radical (unpaired) electrons. The lowest BCUT2D eigenvalue weighted by molar-refractivity contribution is 0.220. The maximum Gasteiger partial charge on any atom is 0.315 e. The molecule has 1 atom stereocenters. The van der Waals surface area contributed by atoms with E-state index in [-0.39, 0.29) is 18.7 Å². The van der Waals surface area contributed by atoms with Crippen LogP contribution in [-0.4, -0.2) is 42.3 Å². The van der Waals surface area contributed by atoms with Gasteiger partial charge in [-0.25, -0.2) is 4.79 Å². The summed E-state index contributed by atoms with van der Waals surface area (Å²) < 4.78 is 0. The third kappa shape index (κ3) is 8.19. The average Bonchev–Trinajstić information content (AvgIpc) is 2.17. The van der Waals surface area contributed by atoms with Gasteiger partial charge in [0, 0.05) is 6.54 Å². The molecule has 84 valence electrons. The number of hydrogen-bond acceptors (Lipinski definition) is 3. The van der Waals surface area contributed by atoms with E-state index in [9.17, 15) is 4.79 Å². The number of aliphatic hydroxyl groups is 1. The van der Waals surface area contributed by atoms with Crippen molar-refractivity contribution < 1.29 is 9.90 Å². The van der Waals surface area contributed by atoms with Gasteiger partial charge in [0.15, 0.2) is 0 Å². The molecule has 0 aliphatic rings. The fourth-order valence-corrected chi connectivity index (χ4v) is 1.39. The summed E-state index contributed by atoms with van der Waals surface area (Å²) in [7, 11) is 0. The number of carbonyl (C=O) groups is 1. The Labute approximate surface area is 89.8 Å². The lowest BCUT2D eigenvalue weighted by Crippen LogP contribution is -2.42. The van der Waals surface area contributed by atoms with Crippen LogP contribution >= 0.6 is 11.8 Å². The zero-order valence-electron chi connectivity index (χ0n) is 8.88. The summed E-state index contributed by atoms with van der Waals surface area (Å²) in [5.41, 5.74) is 0. The van der Waals surface area contributed by atoms with Gasteiger partial charge in [0.2, 0.25) is 0 Å². The van der Waals surface area contributed by atoms with Gasteiger partial charge in [0.1, 0.15) is 0 Å². The number of urea groups is 1. The van der Waals surface area contributed by atoms with Crippen molar-refractivity contribution in [3.05, 3.63) is 0 Å². The highest BCUT2D eigenvalue weighted by Crippen LogP contribution is 1.97. The molecule has 0 saturated carbocycles. The molecular formula is C9H20N2O2S. The van der Waals surface area contributed by atoms with Crippen LogP contribution in [0.25, 0.3) is 0 Å². The summed E-state index contributed by atoms with van der Waals surface area (Å²) >= 11 is 1.81. The summed E-state index contributed by atoms with van der Waals surface area (Å²) in [6.07, 6.45) is 4.20. The molecule has 0 unspecified atom stereocenters. The van der Waals surface area contributed by atoms with Crippen molar-refractivity contribution in [2.24, 2.45) is 0 Å². The van der Waals surface area contributed by atoms with Crippen LogP contribution < -0.4 is 10.6 Å². The maximum atomic E-state index is 11.1. The molecule has 5 heteroatoms. The van der Waals surface area contributed by atoms with E-state index in [0.717, 1.165) is 18.6 Å². The molecule has 0 rings (SSSR count). The highest BCUT2D eigenvalue weighted by Gasteiger charge is 2.03. The van der Waals surface area contributed by atoms with Crippen molar-refractivity contribution >= 4 is 17.8 Å². The number of unbranched alkanes of at least 4 members (excludes halogenated alkanes) is 1. The SMILES string of the molecule is CSCCCCNC(=O)N[C@@H](C)CO. The Morgan fingerprint density at radius 2 is 2.21 bits per heavy atom. The molecule has 4 nitrogen and oxygen atoms in total. The molecule has 3 N–H and O–H groups in total. The van der Waals surface area contributed by atoms with E-state index in [1.807, 2.05) is 11.8 Å². The van der Waals surface area contributed by atoms with Crippen LogP contribution in [0.5, 0.6) is 0 Å². The molecule has 0 bridgehead atoms. The second kappa shape index (κ2) is 9.15. The molecule has 0 saturated heterocycles. The Morgan fingerprint density at radius 1 is 1.50 bits per heavy atom. The number of hydrogen-bond donors (Lipinski definition) is 3. The summed E-state index contributed by atoms with van der Waals surface area (Å²) in [5.74, 6) is 1.14. The quantitative estimate of drug-likeness (QED) is 0.556. The van der Waals surface area contributed by atoms with Gasteiger partial charge in [-0.3, -0.25) is 0 Å². The molecule has 0 aromatic carbocycles. The van der Waals surface area contributed by atoms with Gasteiger partial charge in [0.25, 0.3) is 0 Å². The van der Waals surface area contributed by atoms with Gasteiger partial charge in [0.05, 0.1) is 12.6 Å². The number of aliphatic hydroxyl groups excluding tert-OH is 1. The van der Waals surface area contributed by atoms with E-state index >= 15 is 0 Å². The maximum absolute atomic E-state index is 11.1. The molecule has 0 aromatic heterocycles. The average molecular weight is 220 g/mol. The Morgan fingerprint density at radius 3 is 2.79 bits per heavy atom. The van der Waals surface area contributed by atoms with E-state index in [1.165, 1.54) is 0 Å². The molecule has 2 amide bonds. The first-order chi connectivity index (χ1) is 6.70. The monoisotopic (exact) mass is 220 g/mol. The summed E-state index contributed by atoms with van der Waals surface area (Å²) in [6.45, 7) is 2.43. The van der Waals surface area contributed by atoms with Crippen molar-refractivity contribution in [1.82, 2.24) is 10.6 Å². The predicted octanol–water partition coefficient (Wildman–Crippen LogP) is 0.810. The van der Waals surface area contributed by atoms with E-state index in [2.05, 4.69) is 16.9 Å². The Bertz CT molecular complexity index is 156. The minimum Gasteiger partial charge on any atom is -0.394 e. The molecular weight excluding hydrogens is 200 g/mol. The predicted molar refractivity (Wildman–Crippen MR) is 60.7 cm³/mol. The Hall–Kier alpha value is -0.420. The first-order valence-electron chi connectivity index (χ1n) is 4.85. The minimum absolute atomic E-state index is 0.0279. The number of rotatable bonds is 7. The molecule has 0 fully saturated rings. The number of amides is 2. The third-order valence-corrected chi connectivity index (χ3v) is 2.41. The Balaban J connectivity index is 3.27. The standard InChI is InChI=1S/C9H20N2O2S/c1-8(7-12)11-9(13)10-5-3-4-6-14-2/h8,12H,3-7H2,1-2H3,(H2,10,11,13)/t8-/m0/s1. The van der Waals surface area contributed by atoms with E-state index in [0.29, 0.717) is 6.54 Å². The fourth-order valence-electron chi connectivity index (χ4n) is 0.894. The molecule has 0 heterocycles. The van der Waals surface area contributed by atoms with Crippen LogP contribution in [-0.2, 0) is 0 Å². The van der Waals surface area contributed by atoms with Crippen molar-refractivity contribution in [1.29, 1.82) is 0 Å². The normalized spacial score (nSPS) is 12.2. The topological polar surface area (TPSA) is 61.4 Å². The second-order valence-corrected chi connectivity index (χ2v) is 4.17. The van der Waals surface area contributed by atoms with Gasteiger partial charge >= 0.3 is 6.03 Å². The van der Waals surface area contributed by atoms with Gasteiger partial charge in [-0.1, -0.05) is 0 Å².